The molecule has 1 aliphatic rings. The van der Waals surface area contributed by atoms with Gasteiger partial charge >= 0.3 is 0 Å². The normalized spacial score (nSPS) is 14.9. The topological polar surface area (TPSA) is 64.9 Å². The molecule has 19 heavy (non-hydrogen) atoms. The minimum atomic E-state index is -0.00250. The standard InChI is InChI=1S/C15H19N3O/c1-11-5-4-8-14(13(11)9-16)17-10-15(19)18-12-6-2-3-7-12/h4-5,8,12,17H,2-3,6-7,10H2,1H3,(H,18,19). The van der Waals surface area contributed by atoms with Crippen LogP contribution in [0.1, 0.15) is 36.8 Å². The first-order valence-electron chi connectivity index (χ1n) is 6.73. The third kappa shape index (κ3) is 3.47. The highest BCUT2D eigenvalue weighted by Gasteiger charge is 2.17. The number of nitrogens with one attached hydrogen (secondary N) is 2. The van der Waals surface area contributed by atoms with Crippen molar-refractivity contribution in [2.75, 3.05) is 11.9 Å². The number of aryl methyl sites for hydroxylation is 1. The van der Waals surface area contributed by atoms with Crippen molar-refractivity contribution < 1.29 is 4.79 Å². The molecular formula is C15H19N3O. The number of benzene rings is 1. The molecule has 0 saturated heterocycles. The van der Waals surface area contributed by atoms with Gasteiger partial charge in [0.2, 0.25) is 5.91 Å². The smallest absolute Gasteiger partial charge is 0.239 e. The number of hydrogen-bond acceptors (Lipinski definition) is 3. The summed E-state index contributed by atoms with van der Waals surface area (Å²) in [6.07, 6.45) is 4.57. The maximum absolute atomic E-state index is 11.8. The molecule has 0 heterocycles. The van der Waals surface area contributed by atoms with E-state index < -0.39 is 0 Å². The molecule has 0 unspecified atom stereocenters. The van der Waals surface area contributed by atoms with Crippen LogP contribution in [0, 0.1) is 18.3 Å². The Bertz CT molecular complexity index is 499. The van der Waals surface area contributed by atoms with Crippen molar-refractivity contribution in [2.45, 2.75) is 38.6 Å². The number of amides is 1. The van der Waals surface area contributed by atoms with Gasteiger partial charge in [-0.1, -0.05) is 25.0 Å². The number of nitrogens with zero attached hydrogens (tertiary/aromatic N) is 1. The number of rotatable bonds is 4. The molecule has 2 rings (SSSR count). The van der Waals surface area contributed by atoms with Crippen molar-refractivity contribution >= 4 is 11.6 Å². The molecule has 1 aromatic carbocycles. The van der Waals surface area contributed by atoms with Gasteiger partial charge in [-0.3, -0.25) is 4.79 Å². The molecule has 1 amide bonds. The first-order valence-corrected chi connectivity index (χ1v) is 6.73. The summed E-state index contributed by atoms with van der Waals surface area (Å²) in [6.45, 7) is 2.11. The Hall–Kier alpha value is -2.02. The van der Waals surface area contributed by atoms with E-state index in [2.05, 4.69) is 16.7 Å². The lowest BCUT2D eigenvalue weighted by atomic mass is 10.1. The quantitative estimate of drug-likeness (QED) is 0.870. The van der Waals surface area contributed by atoms with E-state index in [9.17, 15) is 4.79 Å². The van der Waals surface area contributed by atoms with Crippen LogP contribution < -0.4 is 10.6 Å². The Morgan fingerprint density at radius 1 is 1.42 bits per heavy atom. The predicted octanol–water partition coefficient (Wildman–Crippen LogP) is 2.34. The van der Waals surface area contributed by atoms with Gasteiger partial charge in [-0.2, -0.15) is 5.26 Å². The molecule has 0 aromatic heterocycles. The summed E-state index contributed by atoms with van der Waals surface area (Å²) in [5, 5.41) is 15.2. The van der Waals surface area contributed by atoms with E-state index >= 15 is 0 Å². The molecule has 0 bridgehead atoms. The van der Waals surface area contributed by atoms with Gasteiger partial charge in [0.15, 0.2) is 0 Å². The Morgan fingerprint density at radius 2 is 2.16 bits per heavy atom. The van der Waals surface area contributed by atoms with Crippen molar-refractivity contribution in [1.29, 1.82) is 5.26 Å². The molecule has 4 heteroatoms. The Balaban J connectivity index is 1.90. The molecule has 1 aromatic rings. The average Bonchev–Trinajstić information content (AvgIpc) is 2.89. The molecule has 2 N–H and O–H groups in total. The summed E-state index contributed by atoms with van der Waals surface area (Å²) in [5.74, 6) is -0.00250. The van der Waals surface area contributed by atoms with Crippen LogP contribution in [0.25, 0.3) is 0 Å². The lowest BCUT2D eigenvalue weighted by Crippen LogP contribution is -2.36. The lowest BCUT2D eigenvalue weighted by molar-refractivity contribution is -0.120. The van der Waals surface area contributed by atoms with Crippen LogP contribution in [-0.4, -0.2) is 18.5 Å². The molecule has 0 aliphatic heterocycles. The van der Waals surface area contributed by atoms with Gasteiger partial charge in [-0.05, 0) is 31.4 Å². The van der Waals surface area contributed by atoms with Crippen molar-refractivity contribution in [3.8, 4) is 6.07 Å². The third-order valence-electron chi connectivity index (χ3n) is 3.54. The van der Waals surface area contributed by atoms with E-state index in [1.807, 2.05) is 25.1 Å². The fourth-order valence-electron chi connectivity index (χ4n) is 2.49. The summed E-state index contributed by atoms with van der Waals surface area (Å²) in [7, 11) is 0. The van der Waals surface area contributed by atoms with Crippen molar-refractivity contribution in [2.24, 2.45) is 0 Å². The monoisotopic (exact) mass is 257 g/mol. The van der Waals surface area contributed by atoms with Crippen molar-refractivity contribution in [1.82, 2.24) is 5.32 Å². The Morgan fingerprint density at radius 3 is 2.84 bits per heavy atom. The van der Waals surface area contributed by atoms with Gasteiger partial charge in [0, 0.05) is 6.04 Å². The largest absolute Gasteiger partial charge is 0.375 e. The number of hydrogen-bond donors (Lipinski definition) is 2. The van der Waals surface area contributed by atoms with Gasteiger partial charge < -0.3 is 10.6 Å². The number of carbonyl (C=O) groups is 1. The van der Waals surface area contributed by atoms with Crippen LogP contribution >= 0.6 is 0 Å². The number of carbonyl (C=O) groups excluding carboxylic acids is 1. The fourth-order valence-corrected chi connectivity index (χ4v) is 2.49. The van der Waals surface area contributed by atoms with Crippen LogP contribution in [0.15, 0.2) is 18.2 Å². The predicted molar refractivity (Wildman–Crippen MR) is 74.8 cm³/mol. The highest BCUT2D eigenvalue weighted by Crippen LogP contribution is 2.19. The molecule has 100 valence electrons. The minimum Gasteiger partial charge on any atom is -0.375 e. The molecular weight excluding hydrogens is 238 g/mol. The Labute approximate surface area is 113 Å². The van der Waals surface area contributed by atoms with Gasteiger partial charge in [-0.15, -0.1) is 0 Å². The van der Waals surface area contributed by atoms with Crippen LogP contribution in [-0.2, 0) is 4.79 Å². The first-order chi connectivity index (χ1) is 9.20. The number of anilines is 1. The molecule has 0 spiro atoms. The summed E-state index contributed by atoms with van der Waals surface area (Å²) >= 11 is 0. The first kappa shape index (κ1) is 13.4. The zero-order valence-electron chi connectivity index (χ0n) is 11.2. The highest BCUT2D eigenvalue weighted by molar-refractivity contribution is 5.81. The summed E-state index contributed by atoms with van der Waals surface area (Å²) in [4.78, 5) is 11.8. The fraction of sp³-hybridized carbons (Fsp3) is 0.467. The molecule has 1 fully saturated rings. The maximum Gasteiger partial charge on any atom is 0.239 e. The van der Waals surface area contributed by atoms with E-state index in [0.717, 1.165) is 24.1 Å². The Kier molecular flexibility index (Phi) is 4.40. The highest BCUT2D eigenvalue weighted by atomic mass is 16.1. The third-order valence-corrected chi connectivity index (χ3v) is 3.54. The maximum atomic E-state index is 11.8. The molecule has 4 nitrogen and oxygen atoms in total. The second kappa shape index (κ2) is 6.24. The van der Waals surface area contributed by atoms with Crippen LogP contribution in [0.2, 0.25) is 0 Å². The van der Waals surface area contributed by atoms with Gasteiger partial charge in [0.1, 0.15) is 6.07 Å². The SMILES string of the molecule is Cc1cccc(NCC(=O)NC2CCCC2)c1C#N. The summed E-state index contributed by atoms with van der Waals surface area (Å²) in [6, 6.07) is 8.10. The summed E-state index contributed by atoms with van der Waals surface area (Å²) in [5.41, 5.74) is 2.25. The molecule has 0 atom stereocenters. The van der Waals surface area contributed by atoms with Gasteiger partial charge in [0.25, 0.3) is 0 Å². The van der Waals surface area contributed by atoms with Crippen LogP contribution in [0.3, 0.4) is 0 Å². The zero-order valence-corrected chi connectivity index (χ0v) is 11.2. The van der Waals surface area contributed by atoms with E-state index in [4.69, 9.17) is 5.26 Å². The van der Waals surface area contributed by atoms with Crippen LogP contribution in [0.4, 0.5) is 5.69 Å². The van der Waals surface area contributed by atoms with Crippen molar-refractivity contribution in [3.63, 3.8) is 0 Å². The van der Waals surface area contributed by atoms with Gasteiger partial charge in [0.05, 0.1) is 17.8 Å². The van der Waals surface area contributed by atoms with Crippen LogP contribution in [0.5, 0.6) is 0 Å². The molecule has 0 radical (unpaired) electrons. The number of nitriles is 1. The van der Waals surface area contributed by atoms with E-state index in [1.54, 1.807) is 0 Å². The minimum absolute atomic E-state index is 0.00250. The molecule has 1 saturated carbocycles. The zero-order chi connectivity index (χ0) is 13.7. The average molecular weight is 257 g/mol. The van der Waals surface area contributed by atoms with Crippen molar-refractivity contribution in [3.05, 3.63) is 29.3 Å². The second-order valence-corrected chi connectivity index (χ2v) is 5.01. The summed E-state index contributed by atoms with van der Waals surface area (Å²) < 4.78 is 0. The second-order valence-electron chi connectivity index (χ2n) is 5.01. The molecule has 1 aliphatic carbocycles. The van der Waals surface area contributed by atoms with E-state index in [1.165, 1.54) is 12.8 Å². The lowest BCUT2D eigenvalue weighted by Gasteiger charge is -2.13. The van der Waals surface area contributed by atoms with E-state index in [0.29, 0.717) is 11.6 Å². The van der Waals surface area contributed by atoms with E-state index in [-0.39, 0.29) is 12.5 Å². The van der Waals surface area contributed by atoms with Gasteiger partial charge in [-0.25, -0.2) is 0 Å².